The molecule has 20 unspecified atom stereocenters. The molecule has 4 aliphatic heterocycles. The first kappa shape index (κ1) is 42.4. The van der Waals surface area contributed by atoms with E-state index >= 15 is 0 Å². The van der Waals surface area contributed by atoms with Crippen LogP contribution in [0.25, 0.3) is 0 Å². The third kappa shape index (κ3) is 8.21. The van der Waals surface area contributed by atoms with E-state index in [0.29, 0.717) is 0 Å². The Hall–Kier alpha value is -2.72. The first-order valence-corrected chi connectivity index (χ1v) is 17.1. The molecule has 5 rings (SSSR count). The number of aliphatic hydroxyl groups excluding tert-OH is 7. The fourth-order valence-corrected chi connectivity index (χ4v) is 7.39. The Morgan fingerprint density at radius 1 is 0.704 bits per heavy atom. The van der Waals surface area contributed by atoms with E-state index in [1.54, 1.807) is 0 Å². The second-order valence-corrected chi connectivity index (χ2v) is 13.8. The van der Waals surface area contributed by atoms with Crippen molar-refractivity contribution >= 4 is 23.8 Å². The van der Waals surface area contributed by atoms with E-state index in [0.717, 1.165) is 14.0 Å². The molecule has 0 aromatic heterocycles. The van der Waals surface area contributed by atoms with Gasteiger partial charge in [0.15, 0.2) is 24.8 Å². The van der Waals surface area contributed by atoms with Crippen LogP contribution in [-0.2, 0) is 57.1 Å². The third-order valence-corrected chi connectivity index (χ3v) is 10.5. The zero-order valence-corrected chi connectivity index (χ0v) is 29.5. The van der Waals surface area contributed by atoms with Crippen molar-refractivity contribution in [3.63, 3.8) is 0 Å². The van der Waals surface area contributed by atoms with Gasteiger partial charge in [0.1, 0.15) is 67.1 Å². The van der Waals surface area contributed by atoms with Crippen molar-refractivity contribution in [2.75, 3.05) is 34.0 Å². The van der Waals surface area contributed by atoms with Gasteiger partial charge in [0.25, 0.3) is 0 Å². The summed E-state index contributed by atoms with van der Waals surface area (Å²) in [6.07, 6.45) is -27.6. The van der Waals surface area contributed by atoms with Crippen molar-refractivity contribution in [2.45, 2.75) is 130 Å². The smallest absolute Gasteiger partial charge is 0.335 e. The van der Waals surface area contributed by atoms with Crippen molar-refractivity contribution < 1.29 is 103 Å². The summed E-state index contributed by atoms with van der Waals surface area (Å²) in [6, 6.07) is -2.49. The second kappa shape index (κ2) is 17.2. The summed E-state index contributed by atoms with van der Waals surface area (Å²) >= 11 is 0. The van der Waals surface area contributed by atoms with Crippen LogP contribution in [0.4, 0.5) is 0 Å². The number of hydrogen-bond donors (Lipinski definition) is 10. The van der Waals surface area contributed by atoms with E-state index in [9.17, 15) is 65.1 Å². The number of carboxylic acid groups (broad SMARTS) is 2. The monoisotopic (exact) mass is 784 g/mol. The molecule has 10 N–H and O–H groups in total. The summed E-state index contributed by atoms with van der Waals surface area (Å²) in [6.45, 7) is 0.694. The molecule has 54 heavy (non-hydrogen) atoms. The molecule has 0 aromatic rings. The molecule has 2 amide bonds. The van der Waals surface area contributed by atoms with Crippen LogP contribution in [0.2, 0.25) is 0 Å². The second-order valence-electron chi connectivity index (χ2n) is 13.8. The maximum Gasteiger partial charge on any atom is 0.335 e. The highest BCUT2D eigenvalue weighted by molar-refractivity contribution is 5.75. The predicted molar refractivity (Wildman–Crippen MR) is 168 cm³/mol. The number of ether oxygens (including phenoxy) is 8. The van der Waals surface area contributed by atoms with Crippen LogP contribution in [-0.4, -0.2) is 225 Å². The number of nitrogens with one attached hydrogen (secondary N) is 1. The van der Waals surface area contributed by atoms with Gasteiger partial charge in [-0.05, 0) is 0 Å². The Kier molecular flexibility index (Phi) is 13.5. The quantitative estimate of drug-likeness (QED) is 0.0829. The van der Waals surface area contributed by atoms with Gasteiger partial charge in [-0.1, -0.05) is 0 Å². The number of hydrogen-bond acceptors (Lipinski definition) is 19. The van der Waals surface area contributed by atoms with Crippen molar-refractivity contribution in [3.05, 3.63) is 0 Å². The predicted octanol–water partition coefficient (Wildman–Crippen LogP) is -6.92. The molecule has 23 nitrogen and oxygen atoms in total. The van der Waals surface area contributed by atoms with Gasteiger partial charge in [-0.15, -0.1) is 0 Å². The number of aliphatic hydroxyl groups is 7. The minimum atomic E-state index is -1.99. The molecule has 0 bridgehead atoms. The van der Waals surface area contributed by atoms with E-state index in [1.165, 1.54) is 18.9 Å². The highest BCUT2D eigenvalue weighted by Crippen LogP contribution is 2.49. The Morgan fingerprint density at radius 3 is 1.85 bits per heavy atom. The van der Waals surface area contributed by atoms with Crippen LogP contribution in [0.1, 0.15) is 13.8 Å². The lowest BCUT2D eigenvalue weighted by Gasteiger charge is -2.48. The molecule has 4 heterocycles. The summed E-state index contributed by atoms with van der Waals surface area (Å²) in [5, 5.41) is 97.1. The largest absolute Gasteiger partial charge is 0.479 e. The van der Waals surface area contributed by atoms with Crippen molar-refractivity contribution in [2.24, 2.45) is 5.92 Å². The van der Waals surface area contributed by atoms with Crippen LogP contribution < -0.4 is 5.32 Å². The van der Waals surface area contributed by atoms with Gasteiger partial charge in [-0.2, -0.15) is 0 Å². The zero-order valence-electron chi connectivity index (χ0n) is 29.5. The first-order chi connectivity index (χ1) is 25.5. The van der Waals surface area contributed by atoms with Crippen molar-refractivity contribution in [1.29, 1.82) is 0 Å². The van der Waals surface area contributed by atoms with E-state index in [-0.39, 0.29) is 6.61 Å². The highest BCUT2D eigenvalue weighted by atomic mass is 16.7. The van der Waals surface area contributed by atoms with Gasteiger partial charge in [0.2, 0.25) is 11.8 Å². The van der Waals surface area contributed by atoms with E-state index in [2.05, 4.69) is 5.32 Å². The van der Waals surface area contributed by atoms with Crippen molar-refractivity contribution in [3.8, 4) is 0 Å². The molecule has 23 heteroatoms. The summed E-state index contributed by atoms with van der Waals surface area (Å²) in [5.74, 6) is -5.37. The van der Waals surface area contributed by atoms with E-state index in [1.807, 2.05) is 0 Å². The van der Waals surface area contributed by atoms with Gasteiger partial charge in [0, 0.05) is 33.9 Å². The fourth-order valence-electron chi connectivity index (χ4n) is 7.39. The molecular weight excluding hydrogens is 736 g/mol. The summed E-state index contributed by atoms with van der Waals surface area (Å²) in [4.78, 5) is 50.3. The molecule has 5 aliphatic rings. The van der Waals surface area contributed by atoms with Crippen LogP contribution in [0, 0.1) is 5.92 Å². The number of carbonyl (C=O) groups is 4. The number of amides is 2. The molecule has 0 aromatic carbocycles. The topological polar surface area (TPSA) is 339 Å². The number of aliphatic carboxylic acids is 2. The molecule has 308 valence electrons. The number of methoxy groups -OCH3 is 1. The lowest BCUT2D eigenvalue weighted by molar-refractivity contribution is -0.350. The molecule has 5 fully saturated rings. The summed E-state index contributed by atoms with van der Waals surface area (Å²) in [7, 11) is 2.52. The summed E-state index contributed by atoms with van der Waals surface area (Å²) in [5.41, 5.74) is 0. The number of rotatable bonds is 13. The maximum atomic E-state index is 12.5. The molecule has 0 spiro atoms. The standard InChI is InChI=1S/C31H48N2O21/c1-8(36)32-14-23(52-31-19(42)18(41)24(47-4)26(54-31)28(43)44)16(39)12(6-35)49-30(14)53-25-17(40)13-21(22(13)51-27(25)29(45)46)50-20-10(33(3)9(2)37)7-48-11(5-34)15(20)38/h10-27,30-31,34-35,38-42H,5-7H2,1-4H3,(H,32,36)(H,43,44)(H,45,46). The van der Waals surface area contributed by atoms with Gasteiger partial charge in [-0.25, -0.2) is 9.59 Å². The van der Waals surface area contributed by atoms with Gasteiger partial charge < -0.3 is 94.1 Å². The summed E-state index contributed by atoms with van der Waals surface area (Å²) < 4.78 is 45.2. The van der Waals surface area contributed by atoms with Crippen LogP contribution >= 0.6 is 0 Å². The Morgan fingerprint density at radius 2 is 1.30 bits per heavy atom. The number of nitrogens with zero attached hydrogens (tertiary/aromatic N) is 1. The molecular formula is C31H48N2O21. The minimum Gasteiger partial charge on any atom is -0.479 e. The molecule has 4 saturated heterocycles. The third-order valence-electron chi connectivity index (χ3n) is 10.5. The Bertz CT molecular complexity index is 1360. The first-order valence-electron chi connectivity index (χ1n) is 17.1. The number of fused-ring (bicyclic) bond motifs is 1. The fraction of sp³-hybridized carbons (Fsp3) is 0.871. The zero-order chi connectivity index (χ0) is 39.9. The van der Waals surface area contributed by atoms with Gasteiger partial charge in [-0.3, -0.25) is 9.59 Å². The lowest BCUT2D eigenvalue weighted by Crippen LogP contribution is -2.69. The number of carbonyl (C=O) groups excluding carboxylic acids is 2. The Balaban J connectivity index is 1.39. The van der Waals surface area contributed by atoms with Crippen LogP contribution in [0.5, 0.6) is 0 Å². The van der Waals surface area contributed by atoms with Gasteiger partial charge in [0.05, 0.1) is 44.2 Å². The molecule has 20 atom stereocenters. The number of likely N-dealkylation sites (N-methyl/N-ethyl adjacent to an activating group) is 1. The van der Waals surface area contributed by atoms with Crippen LogP contribution in [0.3, 0.4) is 0 Å². The lowest BCUT2D eigenvalue weighted by atomic mass is 9.94. The highest BCUT2D eigenvalue weighted by Gasteiger charge is 2.67. The van der Waals surface area contributed by atoms with E-state index < -0.39 is 159 Å². The average Bonchev–Trinajstić information content (AvgIpc) is 3.82. The molecule has 0 radical (unpaired) electrons. The number of carboxylic acids is 2. The minimum absolute atomic E-state index is 0.130. The van der Waals surface area contributed by atoms with E-state index in [4.69, 9.17) is 37.9 Å². The molecule has 1 saturated carbocycles. The maximum absolute atomic E-state index is 12.5. The van der Waals surface area contributed by atoms with Crippen molar-refractivity contribution in [1.82, 2.24) is 10.2 Å². The Labute approximate surface area is 307 Å². The SMILES string of the molecule is COC1C(C(=O)O)OC(OC2C(O)C(CO)OC(OC3C(C(=O)O)OC4C(OC5C(O)C(CO)OCC5N(C)C(C)=O)C4C3O)C2NC(C)=O)C(O)C1O. The average molecular weight is 785 g/mol. The van der Waals surface area contributed by atoms with Crippen LogP contribution in [0.15, 0.2) is 0 Å². The molecule has 1 aliphatic carbocycles. The normalized spacial score (nSPS) is 46.2. The van der Waals surface area contributed by atoms with Gasteiger partial charge >= 0.3 is 11.9 Å².